The van der Waals surface area contributed by atoms with Crippen LogP contribution >= 0.6 is 0 Å². The number of sulfonamides is 1. The summed E-state index contributed by atoms with van der Waals surface area (Å²) in [6.45, 7) is 2.16. The first-order chi connectivity index (χ1) is 9.29. The van der Waals surface area contributed by atoms with Crippen LogP contribution in [-0.2, 0) is 14.8 Å². The van der Waals surface area contributed by atoms with Crippen molar-refractivity contribution in [1.29, 1.82) is 0 Å². The van der Waals surface area contributed by atoms with Crippen LogP contribution in [0.5, 0.6) is 0 Å². The number of hydrogen-bond donors (Lipinski definition) is 2. The van der Waals surface area contributed by atoms with Gasteiger partial charge in [-0.05, 0) is 24.6 Å². The van der Waals surface area contributed by atoms with Crippen LogP contribution < -0.4 is 10.5 Å². The highest BCUT2D eigenvalue weighted by atomic mass is 32.2. The number of primary sulfonamides is 1. The number of halogens is 1. The van der Waals surface area contributed by atoms with Crippen LogP contribution in [0, 0.1) is 5.82 Å². The lowest BCUT2D eigenvalue weighted by molar-refractivity contribution is 0.0890. The zero-order chi connectivity index (χ0) is 15.3. The molecule has 0 bridgehead atoms. The smallest absolute Gasteiger partial charge is 0.254 e. The quantitative estimate of drug-likeness (QED) is 0.805. The van der Waals surface area contributed by atoms with Crippen LogP contribution in [0.2, 0.25) is 0 Å². The Morgan fingerprint density at radius 3 is 2.60 bits per heavy atom. The second kappa shape index (κ2) is 6.78. The van der Waals surface area contributed by atoms with Crippen LogP contribution in [0.3, 0.4) is 0 Å². The molecule has 0 aliphatic rings. The van der Waals surface area contributed by atoms with Gasteiger partial charge in [0.05, 0.1) is 23.1 Å². The van der Waals surface area contributed by atoms with Crippen molar-refractivity contribution in [3.8, 4) is 0 Å². The molecule has 0 aromatic heterocycles. The molecule has 0 saturated heterocycles. The lowest BCUT2D eigenvalue weighted by Gasteiger charge is -2.16. The summed E-state index contributed by atoms with van der Waals surface area (Å²) in [4.78, 5) is 11.5. The summed E-state index contributed by atoms with van der Waals surface area (Å²) >= 11 is 0. The van der Waals surface area contributed by atoms with Crippen molar-refractivity contribution in [2.75, 3.05) is 13.7 Å². The molecule has 1 amide bonds. The number of nitrogens with one attached hydrogen (secondary N) is 1. The van der Waals surface area contributed by atoms with Crippen molar-refractivity contribution in [2.45, 2.75) is 24.3 Å². The van der Waals surface area contributed by atoms with Crippen molar-refractivity contribution in [2.24, 2.45) is 5.14 Å². The molecule has 0 fully saturated rings. The van der Waals surface area contributed by atoms with Gasteiger partial charge >= 0.3 is 0 Å². The first kappa shape index (κ1) is 16.5. The van der Waals surface area contributed by atoms with E-state index >= 15 is 0 Å². The Balaban J connectivity index is 2.95. The van der Waals surface area contributed by atoms with Gasteiger partial charge in [-0.2, -0.15) is 0 Å². The molecule has 6 nitrogen and oxygen atoms in total. The Morgan fingerprint density at radius 2 is 2.15 bits per heavy atom. The summed E-state index contributed by atoms with van der Waals surface area (Å²) in [6, 6.07) is 2.65. The van der Waals surface area contributed by atoms with Gasteiger partial charge < -0.3 is 10.1 Å². The van der Waals surface area contributed by atoms with Gasteiger partial charge in [-0.15, -0.1) is 0 Å². The van der Waals surface area contributed by atoms with Gasteiger partial charge in [-0.3, -0.25) is 4.79 Å². The summed E-state index contributed by atoms with van der Waals surface area (Å²) in [5.41, 5.74) is -0.244. The van der Waals surface area contributed by atoms with Gasteiger partial charge in [0, 0.05) is 7.11 Å². The molecule has 1 unspecified atom stereocenters. The van der Waals surface area contributed by atoms with Gasteiger partial charge in [0.1, 0.15) is 5.82 Å². The maximum Gasteiger partial charge on any atom is 0.254 e. The molecule has 1 rings (SSSR count). The van der Waals surface area contributed by atoms with Crippen LogP contribution in [0.4, 0.5) is 4.39 Å². The molecule has 1 aromatic rings. The zero-order valence-corrected chi connectivity index (χ0v) is 12.0. The molecule has 8 heteroatoms. The number of rotatable bonds is 6. The van der Waals surface area contributed by atoms with Crippen molar-refractivity contribution < 1.29 is 22.3 Å². The molecular weight excluding hydrogens is 287 g/mol. The maximum absolute atomic E-state index is 13.8. The molecule has 0 radical (unpaired) electrons. The Bertz CT molecular complexity index is 589. The van der Waals surface area contributed by atoms with Crippen molar-refractivity contribution in [3.63, 3.8) is 0 Å². The normalized spacial score (nSPS) is 13.0. The van der Waals surface area contributed by atoms with E-state index in [1.165, 1.54) is 7.11 Å². The van der Waals surface area contributed by atoms with Crippen molar-refractivity contribution in [1.82, 2.24) is 5.32 Å². The van der Waals surface area contributed by atoms with E-state index < -0.39 is 21.7 Å². The summed E-state index contributed by atoms with van der Waals surface area (Å²) < 4.78 is 40.8. The fraction of sp³-hybridized carbons (Fsp3) is 0.417. The van der Waals surface area contributed by atoms with E-state index in [0.29, 0.717) is 13.0 Å². The first-order valence-corrected chi connectivity index (χ1v) is 7.46. The molecule has 1 aromatic carbocycles. The highest BCUT2D eigenvalue weighted by Gasteiger charge is 2.18. The molecule has 0 spiro atoms. The molecule has 1 atom stereocenters. The Morgan fingerprint density at radius 1 is 1.50 bits per heavy atom. The average Bonchev–Trinajstić information content (AvgIpc) is 2.36. The van der Waals surface area contributed by atoms with Crippen LogP contribution in [0.15, 0.2) is 23.1 Å². The second-order valence-electron chi connectivity index (χ2n) is 4.22. The molecule has 0 heterocycles. The number of benzene rings is 1. The number of carbonyl (C=O) groups excluding carboxylic acids is 1. The van der Waals surface area contributed by atoms with Gasteiger partial charge in [0.15, 0.2) is 0 Å². The van der Waals surface area contributed by atoms with Crippen LogP contribution in [0.1, 0.15) is 23.7 Å². The number of ether oxygens (including phenoxy) is 1. The lowest BCUT2D eigenvalue weighted by Crippen LogP contribution is -2.37. The zero-order valence-electron chi connectivity index (χ0n) is 11.2. The third-order valence-electron chi connectivity index (χ3n) is 2.71. The van der Waals surface area contributed by atoms with Crippen LogP contribution in [-0.4, -0.2) is 34.1 Å². The molecule has 0 aliphatic carbocycles. The van der Waals surface area contributed by atoms with E-state index in [-0.39, 0.29) is 16.5 Å². The molecule has 112 valence electrons. The summed E-state index contributed by atoms with van der Waals surface area (Å²) in [6.07, 6.45) is 0.621. The van der Waals surface area contributed by atoms with Crippen molar-refractivity contribution in [3.05, 3.63) is 29.6 Å². The number of carbonyl (C=O) groups is 1. The summed E-state index contributed by atoms with van der Waals surface area (Å²) in [7, 11) is -2.50. The van der Waals surface area contributed by atoms with Crippen LogP contribution in [0.25, 0.3) is 0 Å². The van der Waals surface area contributed by atoms with E-state index in [0.717, 1.165) is 18.2 Å². The molecular formula is C12H17FN2O4S. The fourth-order valence-corrected chi connectivity index (χ4v) is 2.11. The van der Waals surface area contributed by atoms with E-state index in [1.807, 2.05) is 6.92 Å². The third kappa shape index (κ3) is 4.26. The van der Waals surface area contributed by atoms with E-state index in [1.54, 1.807) is 0 Å². The predicted molar refractivity (Wildman–Crippen MR) is 71.2 cm³/mol. The number of methoxy groups -OCH3 is 1. The number of hydrogen-bond acceptors (Lipinski definition) is 4. The largest absolute Gasteiger partial charge is 0.383 e. The highest BCUT2D eigenvalue weighted by Crippen LogP contribution is 2.14. The van der Waals surface area contributed by atoms with Gasteiger partial charge in [-0.1, -0.05) is 6.92 Å². The monoisotopic (exact) mass is 304 g/mol. The number of amides is 1. The predicted octanol–water partition coefficient (Wildman–Crippen LogP) is 0.628. The summed E-state index contributed by atoms with van der Waals surface area (Å²) in [5.74, 6) is -1.58. The molecule has 0 saturated carbocycles. The highest BCUT2D eigenvalue weighted by molar-refractivity contribution is 7.89. The Kier molecular flexibility index (Phi) is 5.61. The Hall–Kier alpha value is -1.51. The maximum atomic E-state index is 13.8. The average molecular weight is 304 g/mol. The fourth-order valence-electron chi connectivity index (χ4n) is 1.58. The summed E-state index contributed by atoms with van der Waals surface area (Å²) in [5, 5.41) is 7.48. The second-order valence-corrected chi connectivity index (χ2v) is 5.78. The number of nitrogens with two attached hydrogens (primary N) is 1. The standard InChI is InChI=1S/C12H17FN2O4S/c1-3-8(7-19-2)15-12(16)10-5-4-9(6-11(10)13)20(14,17)18/h4-6,8H,3,7H2,1-2H3,(H,15,16)(H2,14,17,18). The topological polar surface area (TPSA) is 98.5 Å². The third-order valence-corrected chi connectivity index (χ3v) is 3.62. The van der Waals surface area contributed by atoms with E-state index in [2.05, 4.69) is 5.32 Å². The molecule has 20 heavy (non-hydrogen) atoms. The van der Waals surface area contributed by atoms with Gasteiger partial charge in [-0.25, -0.2) is 17.9 Å². The van der Waals surface area contributed by atoms with E-state index in [9.17, 15) is 17.6 Å². The van der Waals surface area contributed by atoms with Gasteiger partial charge in [0.2, 0.25) is 10.0 Å². The van der Waals surface area contributed by atoms with Crippen molar-refractivity contribution >= 4 is 15.9 Å². The first-order valence-electron chi connectivity index (χ1n) is 5.91. The minimum absolute atomic E-state index is 0.244. The Labute approximate surface area is 117 Å². The lowest BCUT2D eigenvalue weighted by atomic mass is 10.1. The molecule has 3 N–H and O–H groups in total. The molecule has 0 aliphatic heterocycles. The minimum Gasteiger partial charge on any atom is -0.383 e. The minimum atomic E-state index is -4.00. The van der Waals surface area contributed by atoms with Gasteiger partial charge in [0.25, 0.3) is 5.91 Å². The SMILES string of the molecule is CCC(COC)NC(=O)c1ccc(S(N)(=O)=O)cc1F. The van der Waals surface area contributed by atoms with E-state index in [4.69, 9.17) is 9.88 Å².